The Bertz CT molecular complexity index is 964. The van der Waals surface area contributed by atoms with Gasteiger partial charge in [0.1, 0.15) is 10.8 Å². The Kier molecular flexibility index (Phi) is 5.95. The van der Waals surface area contributed by atoms with Crippen molar-refractivity contribution < 1.29 is 23.7 Å². The fourth-order valence-corrected chi connectivity index (χ4v) is 3.26. The second-order valence-corrected chi connectivity index (χ2v) is 6.49. The Labute approximate surface area is 166 Å². The molecule has 1 aromatic heterocycles. The van der Waals surface area contributed by atoms with Gasteiger partial charge in [0.2, 0.25) is 10.9 Å². The van der Waals surface area contributed by atoms with E-state index in [9.17, 15) is 4.79 Å². The second kappa shape index (κ2) is 8.57. The Hall–Kier alpha value is -3.33. The van der Waals surface area contributed by atoms with E-state index in [0.29, 0.717) is 33.0 Å². The van der Waals surface area contributed by atoms with E-state index in [1.54, 1.807) is 19.2 Å². The van der Waals surface area contributed by atoms with Gasteiger partial charge in [-0.15, -0.1) is 10.2 Å². The quantitative estimate of drug-likeness (QED) is 0.648. The molecule has 3 rings (SSSR count). The molecule has 0 atom stereocenters. The number of nitrogens with zero attached hydrogens (tertiary/aromatic N) is 2. The summed E-state index contributed by atoms with van der Waals surface area (Å²) in [6, 6.07) is 10.6. The van der Waals surface area contributed by atoms with Gasteiger partial charge in [0.15, 0.2) is 11.5 Å². The first-order valence-electron chi connectivity index (χ1n) is 8.19. The van der Waals surface area contributed by atoms with E-state index in [2.05, 4.69) is 15.5 Å². The largest absolute Gasteiger partial charge is 0.497 e. The number of carbonyl (C=O) groups excluding carboxylic acids is 1. The first-order valence-corrected chi connectivity index (χ1v) is 9.00. The van der Waals surface area contributed by atoms with Crippen molar-refractivity contribution in [3.8, 4) is 33.6 Å². The smallest absolute Gasteiger partial charge is 0.257 e. The molecule has 0 spiro atoms. The molecule has 0 bridgehead atoms. The minimum Gasteiger partial charge on any atom is -0.497 e. The lowest BCUT2D eigenvalue weighted by atomic mass is 10.1. The third-order valence-corrected chi connectivity index (χ3v) is 4.78. The van der Waals surface area contributed by atoms with Crippen molar-refractivity contribution in [1.82, 2.24) is 10.2 Å². The van der Waals surface area contributed by atoms with Crippen LogP contribution < -0.4 is 24.3 Å². The summed E-state index contributed by atoms with van der Waals surface area (Å²) in [4.78, 5) is 12.7. The summed E-state index contributed by atoms with van der Waals surface area (Å²) in [6.07, 6.45) is 0. The van der Waals surface area contributed by atoms with E-state index >= 15 is 0 Å². The second-order valence-electron chi connectivity index (χ2n) is 5.51. The van der Waals surface area contributed by atoms with Gasteiger partial charge in [-0.3, -0.25) is 10.1 Å². The van der Waals surface area contributed by atoms with Crippen LogP contribution in [0.1, 0.15) is 10.4 Å². The number of methoxy groups -OCH3 is 4. The molecule has 0 aliphatic rings. The van der Waals surface area contributed by atoms with Crippen molar-refractivity contribution in [2.45, 2.75) is 0 Å². The van der Waals surface area contributed by atoms with Gasteiger partial charge in [-0.25, -0.2) is 0 Å². The van der Waals surface area contributed by atoms with E-state index in [1.807, 2.05) is 24.3 Å². The van der Waals surface area contributed by atoms with E-state index in [0.717, 1.165) is 11.3 Å². The number of ether oxygens (including phenoxy) is 4. The number of rotatable bonds is 7. The topological polar surface area (TPSA) is 91.8 Å². The molecular formula is C19H19N3O5S. The van der Waals surface area contributed by atoms with Crippen LogP contribution in [0.4, 0.5) is 5.13 Å². The maximum absolute atomic E-state index is 12.7. The third-order valence-electron chi connectivity index (χ3n) is 3.89. The molecule has 1 amide bonds. The summed E-state index contributed by atoms with van der Waals surface area (Å²) in [5.41, 5.74) is 1.19. The van der Waals surface area contributed by atoms with E-state index in [1.165, 1.54) is 32.7 Å². The Morgan fingerprint density at radius 2 is 1.64 bits per heavy atom. The first-order chi connectivity index (χ1) is 13.6. The highest BCUT2D eigenvalue weighted by atomic mass is 32.1. The number of hydrogen-bond donors (Lipinski definition) is 1. The molecule has 0 aliphatic carbocycles. The van der Waals surface area contributed by atoms with Gasteiger partial charge in [-0.2, -0.15) is 0 Å². The summed E-state index contributed by atoms with van der Waals surface area (Å²) in [7, 11) is 6.08. The highest BCUT2D eigenvalue weighted by Crippen LogP contribution is 2.38. The highest BCUT2D eigenvalue weighted by Gasteiger charge is 2.18. The summed E-state index contributed by atoms with van der Waals surface area (Å²) < 4.78 is 21.1. The fraction of sp³-hybridized carbons (Fsp3) is 0.211. The number of nitrogens with one attached hydrogen (secondary N) is 1. The van der Waals surface area contributed by atoms with E-state index in [4.69, 9.17) is 18.9 Å². The summed E-state index contributed by atoms with van der Waals surface area (Å²) >= 11 is 1.26. The van der Waals surface area contributed by atoms with Crippen LogP contribution >= 0.6 is 11.3 Å². The average molecular weight is 401 g/mol. The highest BCUT2D eigenvalue weighted by molar-refractivity contribution is 7.18. The molecule has 9 heteroatoms. The van der Waals surface area contributed by atoms with Gasteiger partial charge < -0.3 is 18.9 Å². The fourth-order valence-electron chi connectivity index (χ4n) is 2.53. The predicted octanol–water partition coefficient (Wildman–Crippen LogP) is 3.49. The SMILES string of the molecule is COc1cccc(-c2nnc(NC(=O)c3cc(OC)c(OC)c(OC)c3)s2)c1. The van der Waals surface area contributed by atoms with Crippen LogP contribution in [0.3, 0.4) is 0 Å². The van der Waals surface area contributed by atoms with Crippen LogP contribution in [0.25, 0.3) is 10.6 Å². The first kappa shape index (κ1) is 19.4. The lowest BCUT2D eigenvalue weighted by Gasteiger charge is -2.13. The molecule has 1 heterocycles. The third kappa shape index (κ3) is 3.99. The van der Waals surface area contributed by atoms with Crippen LogP contribution in [0, 0.1) is 0 Å². The average Bonchev–Trinajstić information content (AvgIpc) is 3.21. The minimum absolute atomic E-state index is 0.340. The molecule has 28 heavy (non-hydrogen) atoms. The van der Waals surface area contributed by atoms with Crippen LogP contribution in [-0.2, 0) is 0 Å². The maximum Gasteiger partial charge on any atom is 0.257 e. The van der Waals surface area contributed by atoms with Gasteiger partial charge in [0, 0.05) is 11.1 Å². The number of amides is 1. The van der Waals surface area contributed by atoms with Gasteiger partial charge in [-0.05, 0) is 24.3 Å². The van der Waals surface area contributed by atoms with Crippen molar-refractivity contribution in [2.24, 2.45) is 0 Å². The van der Waals surface area contributed by atoms with Crippen molar-refractivity contribution in [3.05, 3.63) is 42.0 Å². The van der Waals surface area contributed by atoms with Crippen LogP contribution in [-0.4, -0.2) is 44.5 Å². The Morgan fingerprint density at radius 3 is 2.25 bits per heavy atom. The molecule has 146 valence electrons. The number of anilines is 1. The molecule has 8 nitrogen and oxygen atoms in total. The molecule has 1 N–H and O–H groups in total. The summed E-state index contributed by atoms with van der Waals surface area (Å²) in [6.45, 7) is 0. The lowest BCUT2D eigenvalue weighted by molar-refractivity contribution is 0.102. The van der Waals surface area contributed by atoms with Crippen molar-refractivity contribution in [2.75, 3.05) is 33.8 Å². The molecular weight excluding hydrogens is 382 g/mol. The molecule has 0 unspecified atom stereocenters. The van der Waals surface area contributed by atoms with Crippen molar-refractivity contribution in [3.63, 3.8) is 0 Å². The summed E-state index contributed by atoms with van der Waals surface area (Å²) in [5.74, 6) is 1.55. The van der Waals surface area contributed by atoms with Gasteiger partial charge in [0.25, 0.3) is 5.91 Å². The number of carbonyl (C=O) groups is 1. The standard InChI is InChI=1S/C19H19N3O5S/c1-24-13-7-5-6-11(8-13)18-21-22-19(28-18)20-17(23)12-9-14(25-2)16(27-4)15(10-12)26-3/h5-10H,1-4H3,(H,20,22,23). The van der Waals surface area contributed by atoms with E-state index < -0.39 is 0 Å². The normalized spacial score (nSPS) is 10.3. The maximum atomic E-state index is 12.7. The van der Waals surface area contributed by atoms with Crippen LogP contribution in [0.2, 0.25) is 0 Å². The monoisotopic (exact) mass is 401 g/mol. The van der Waals surface area contributed by atoms with Gasteiger partial charge in [-0.1, -0.05) is 23.5 Å². The van der Waals surface area contributed by atoms with E-state index in [-0.39, 0.29) is 5.91 Å². The molecule has 0 saturated heterocycles. The number of aromatic nitrogens is 2. The summed E-state index contributed by atoms with van der Waals surface area (Å²) in [5, 5.41) is 12.0. The molecule has 0 aliphatic heterocycles. The van der Waals surface area contributed by atoms with Crippen molar-refractivity contribution in [1.29, 1.82) is 0 Å². The zero-order valence-electron chi connectivity index (χ0n) is 15.8. The number of benzene rings is 2. The van der Waals surface area contributed by atoms with Crippen LogP contribution in [0.15, 0.2) is 36.4 Å². The molecule has 3 aromatic rings. The van der Waals surface area contributed by atoms with Gasteiger partial charge in [0.05, 0.1) is 28.4 Å². The minimum atomic E-state index is -0.368. The number of hydrogen-bond acceptors (Lipinski definition) is 8. The molecule has 0 fully saturated rings. The van der Waals surface area contributed by atoms with Crippen molar-refractivity contribution >= 4 is 22.4 Å². The zero-order chi connectivity index (χ0) is 20.1. The lowest BCUT2D eigenvalue weighted by Crippen LogP contribution is -2.12. The zero-order valence-corrected chi connectivity index (χ0v) is 16.6. The Balaban J connectivity index is 1.83. The molecule has 0 saturated carbocycles. The van der Waals surface area contributed by atoms with Gasteiger partial charge >= 0.3 is 0 Å². The predicted molar refractivity (Wildman–Crippen MR) is 106 cm³/mol. The Morgan fingerprint density at radius 1 is 0.929 bits per heavy atom. The molecule has 0 radical (unpaired) electrons. The van der Waals surface area contributed by atoms with Crippen LogP contribution in [0.5, 0.6) is 23.0 Å². The molecule has 2 aromatic carbocycles.